The molecule has 0 spiro atoms. The molecule has 3 nitrogen and oxygen atoms in total. The standard InChI is InChI=1S/C55H44BN3S/c1-37-33-49-52-50(34-37)59(44-24-16-17-39(35-44)38-27-29-40(30-28-38)55(2,3)4)53-46-25-14-15-26-51(46)60-54(53)56(52)47-32-31-45(36-48(47)58(49)43-22-12-7-13-23-43)57(41-18-8-5-9-19-41)42-20-10-6-11-21-42/h5-36H,1-4H3. The van der Waals surface area contributed by atoms with E-state index in [1.54, 1.807) is 0 Å². The Labute approximate surface area is 357 Å². The van der Waals surface area contributed by atoms with Gasteiger partial charge in [-0.25, -0.2) is 0 Å². The van der Waals surface area contributed by atoms with Crippen LogP contribution in [0.15, 0.2) is 194 Å². The largest absolute Gasteiger partial charge is 0.311 e. The lowest BCUT2D eigenvalue weighted by Gasteiger charge is -2.43. The quantitative estimate of drug-likeness (QED) is 0.155. The number of nitrogens with zero attached hydrogens (tertiary/aromatic N) is 3. The molecule has 0 radical (unpaired) electrons. The van der Waals surface area contributed by atoms with Crippen molar-refractivity contribution in [2.24, 2.45) is 0 Å². The molecule has 1 aromatic heterocycles. The predicted molar refractivity (Wildman–Crippen MR) is 259 cm³/mol. The fraction of sp³-hybridized carbons (Fsp3) is 0.0909. The number of para-hydroxylation sites is 3. The number of fused-ring (bicyclic) bond motifs is 6. The van der Waals surface area contributed by atoms with Crippen LogP contribution in [0.2, 0.25) is 0 Å². The number of rotatable bonds is 6. The van der Waals surface area contributed by atoms with Crippen LogP contribution in [0.5, 0.6) is 0 Å². The average Bonchev–Trinajstić information content (AvgIpc) is 3.66. The van der Waals surface area contributed by atoms with Crippen LogP contribution in [0.25, 0.3) is 21.2 Å². The van der Waals surface area contributed by atoms with Crippen molar-refractivity contribution in [2.45, 2.75) is 33.1 Å². The summed E-state index contributed by atoms with van der Waals surface area (Å²) in [5.74, 6) is 0. The third kappa shape index (κ3) is 5.95. The summed E-state index contributed by atoms with van der Waals surface area (Å²) >= 11 is 1.94. The van der Waals surface area contributed by atoms with E-state index in [0.717, 1.165) is 28.4 Å². The molecule has 60 heavy (non-hydrogen) atoms. The van der Waals surface area contributed by atoms with Gasteiger partial charge in [0.1, 0.15) is 0 Å². The monoisotopic (exact) mass is 789 g/mol. The zero-order valence-electron chi connectivity index (χ0n) is 34.3. The molecule has 0 saturated carbocycles. The highest BCUT2D eigenvalue weighted by Gasteiger charge is 2.45. The second kappa shape index (κ2) is 14.2. The van der Waals surface area contributed by atoms with Crippen molar-refractivity contribution in [3.05, 3.63) is 205 Å². The van der Waals surface area contributed by atoms with Gasteiger partial charge in [-0.15, -0.1) is 11.3 Å². The van der Waals surface area contributed by atoms with E-state index in [4.69, 9.17) is 0 Å². The summed E-state index contributed by atoms with van der Waals surface area (Å²) in [5, 5.41) is 1.29. The van der Waals surface area contributed by atoms with E-state index < -0.39 is 0 Å². The number of anilines is 9. The van der Waals surface area contributed by atoms with E-state index in [9.17, 15) is 0 Å². The Morgan fingerprint density at radius 3 is 1.80 bits per heavy atom. The van der Waals surface area contributed by atoms with Crippen molar-refractivity contribution in [1.82, 2.24) is 0 Å². The number of thiophene rings is 1. The van der Waals surface area contributed by atoms with E-state index in [0.29, 0.717) is 0 Å². The van der Waals surface area contributed by atoms with Crippen molar-refractivity contribution in [3.63, 3.8) is 0 Å². The minimum atomic E-state index is 0.0401. The Balaban J connectivity index is 1.16. The molecule has 288 valence electrons. The first-order valence-corrected chi connectivity index (χ1v) is 21.7. The highest BCUT2D eigenvalue weighted by atomic mass is 32.1. The van der Waals surface area contributed by atoms with Gasteiger partial charge in [0.15, 0.2) is 0 Å². The summed E-state index contributed by atoms with van der Waals surface area (Å²) in [4.78, 5) is 7.45. The van der Waals surface area contributed by atoms with Crippen LogP contribution >= 0.6 is 11.3 Å². The third-order valence-electron chi connectivity index (χ3n) is 12.2. The zero-order valence-corrected chi connectivity index (χ0v) is 35.1. The molecule has 9 aromatic rings. The van der Waals surface area contributed by atoms with Crippen LogP contribution in [0, 0.1) is 6.92 Å². The second-order valence-electron chi connectivity index (χ2n) is 17.1. The van der Waals surface area contributed by atoms with Gasteiger partial charge in [-0.2, -0.15) is 0 Å². The molecule has 2 aliphatic rings. The van der Waals surface area contributed by atoms with Gasteiger partial charge in [0.2, 0.25) is 0 Å². The minimum absolute atomic E-state index is 0.0401. The predicted octanol–water partition coefficient (Wildman–Crippen LogP) is 13.7. The van der Waals surface area contributed by atoms with Gasteiger partial charge in [-0.05, 0) is 124 Å². The maximum atomic E-state index is 2.57. The Kier molecular flexibility index (Phi) is 8.58. The summed E-state index contributed by atoms with van der Waals surface area (Å²) in [6, 6.07) is 71.6. The fourth-order valence-corrected chi connectivity index (χ4v) is 10.7. The highest BCUT2D eigenvalue weighted by Crippen LogP contribution is 2.49. The van der Waals surface area contributed by atoms with Gasteiger partial charge in [0, 0.05) is 60.4 Å². The molecule has 0 unspecified atom stereocenters. The van der Waals surface area contributed by atoms with E-state index in [1.165, 1.54) is 70.8 Å². The number of hydrogen-bond donors (Lipinski definition) is 0. The summed E-state index contributed by atoms with van der Waals surface area (Å²) in [5.41, 5.74) is 18.3. The number of benzene rings is 8. The van der Waals surface area contributed by atoms with Crippen LogP contribution in [-0.2, 0) is 5.41 Å². The van der Waals surface area contributed by atoms with Crippen LogP contribution in [-0.4, -0.2) is 6.71 Å². The molecule has 0 amide bonds. The molecular formula is C55H44BN3S. The van der Waals surface area contributed by atoms with Gasteiger partial charge in [-0.1, -0.05) is 136 Å². The number of aryl methyl sites for hydroxylation is 1. The Morgan fingerprint density at radius 1 is 0.500 bits per heavy atom. The van der Waals surface area contributed by atoms with Gasteiger partial charge in [0.05, 0.1) is 5.69 Å². The molecule has 3 heterocycles. The minimum Gasteiger partial charge on any atom is -0.311 e. The molecule has 0 bridgehead atoms. The van der Waals surface area contributed by atoms with Crippen molar-refractivity contribution < 1.29 is 0 Å². The molecule has 0 saturated heterocycles. The SMILES string of the molecule is Cc1cc2c3c(c1)N(c1cccc(-c4ccc(C(C)(C)C)cc4)c1)c1c(sc4ccccc14)B3c1ccc(N(c3ccccc3)c3ccccc3)cc1N2c1ccccc1. The van der Waals surface area contributed by atoms with Crippen molar-refractivity contribution >= 4 is 95.0 Å². The van der Waals surface area contributed by atoms with E-state index >= 15 is 0 Å². The Bertz CT molecular complexity index is 3000. The van der Waals surface area contributed by atoms with Crippen molar-refractivity contribution in [3.8, 4) is 11.1 Å². The molecule has 0 atom stereocenters. The summed E-state index contributed by atoms with van der Waals surface area (Å²) in [7, 11) is 0. The first kappa shape index (κ1) is 36.3. The smallest absolute Gasteiger partial charge is 0.264 e. The molecule has 8 aromatic carbocycles. The lowest BCUT2D eigenvalue weighted by atomic mass is 9.36. The average molecular weight is 790 g/mol. The summed E-state index contributed by atoms with van der Waals surface area (Å²) in [6.45, 7) is 9.12. The second-order valence-corrected chi connectivity index (χ2v) is 18.2. The molecule has 0 N–H and O–H groups in total. The fourth-order valence-electron chi connectivity index (χ4n) is 9.40. The highest BCUT2D eigenvalue weighted by molar-refractivity contribution is 7.33. The van der Waals surface area contributed by atoms with Gasteiger partial charge in [0.25, 0.3) is 6.71 Å². The summed E-state index contributed by atoms with van der Waals surface area (Å²) in [6.07, 6.45) is 0. The van der Waals surface area contributed by atoms with Crippen LogP contribution < -0.4 is 30.4 Å². The van der Waals surface area contributed by atoms with E-state index in [1.807, 2.05) is 11.3 Å². The maximum absolute atomic E-state index is 2.57. The van der Waals surface area contributed by atoms with E-state index in [2.05, 4.69) is 237 Å². The molecule has 11 rings (SSSR count). The van der Waals surface area contributed by atoms with Crippen LogP contribution in [0.4, 0.5) is 51.2 Å². The molecular weight excluding hydrogens is 746 g/mol. The van der Waals surface area contributed by atoms with Gasteiger partial charge in [-0.3, -0.25) is 0 Å². The zero-order chi connectivity index (χ0) is 40.5. The van der Waals surface area contributed by atoms with E-state index in [-0.39, 0.29) is 12.1 Å². The summed E-state index contributed by atoms with van der Waals surface area (Å²) < 4.78 is 2.67. The maximum Gasteiger partial charge on any atom is 0.264 e. The first-order valence-electron chi connectivity index (χ1n) is 20.9. The van der Waals surface area contributed by atoms with Gasteiger partial charge >= 0.3 is 0 Å². The molecule has 0 fully saturated rings. The molecule has 5 heteroatoms. The van der Waals surface area contributed by atoms with Crippen LogP contribution in [0.1, 0.15) is 31.9 Å². The Morgan fingerprint density at radius 2 is 1.12 bits per heavy atom. The van der Waals surface area contributed by atoms with Crippen molar-refractivity contribution in [2.75, 3.05) is 14.7 Å². The van der Waals surface area contributed by atoms with Crippen molar-refractivity contribution in [1.29, 1.82) is 0 Å². The lowest BCUT2D eigenvalue weighted by molar-refractivity contribution is 0.590. The van der Waals surface area contributed by atoms with Gasteiger partial charge < -0.3 is 14.7 Å². The first-order chi connectivity index (χ1) is 29.3. The third-order valence-corrected chi connectivity index (χ3v) is 13.4. The number of hydrogen-bond acceptors (Lipinski definition) is 4. The normalized spacial score (nSPS) is 12.9. The lowest BCUT2D eigenvalue weighted by Crippen LogP contribution is -2.60. The molecule has 2 aliphatic heterocycles. The van der Waals surface area contributed by atoms with Crippen LogP contribution in [0.3, 0.4) is 0 Å². The Hall–Kier alpha value is -6.82. The topological polar surface area (TPSA) is 9.72 Å². The molecule has 0 aliphatic carbocycles.